The first-order valence-corrected chi connectivity index (χ1v) is 10.9. The molecule has 0 unspecified atom stereocenters. The van der Waals surface area contributed by atoms with E-state index in [1.807, 2.05) is 6.92 Å². The summed E-state index contributed by atoms with van der Waals surface area (Å²) in [6, 6.07) is 10.5. The minimum Gasteiger partial charge on any atom is -0.479 e. The molecule has 2 aromatic rings. The van der Waals surface area contributed by atoms with Crippen LogP contribution in [-0.2, 0) is 14.8 Å². The molecular weight excluding hydrogens is 423 g/mol. The lowest BCUT2D eigenvalue weighted by Gasteiger charge is -2.16. The molecule has 0 heterocycles. The third kappa shape index (κ3) is 6.10. The molecule has 6 nitrogen and oxygen atoms in total. The van der Waals surface area contributed by atoms with Crippen molar-refractivity contribution in [2.24, 2.45) is 0 Å². The quantitative estimate of drug-likeness (QED) is 0.628. The van der Waals surface area contributed by atoms with Gasteiger partial charge in [0.15, 0.2) is 6.10 Å². The Morgan fingerprint density at radius 3 is 2.32 bits per heavy atom. The predicted octanol–water partition coefficient (Wildman–Crippen LogP) is 4.48. The van der Waals surface area contributed by atoms with E-state index in [4.69, 9.17) is 27.9 Å². The van der Waals surface area contributed by atoms with Crippen molar-refractivity contribution in [3.8, 4) is 5.75 Å². The van der Waals surface area contributed by atoms with Crippen LogP contribution in [0.2, 0.25) is 10.0 Å². The largest absolute Gasteiger partial charge is 0.479 e. The molecule has 2 aromatic carbocycles. The maximum atomic E-state index is 12.3. The van der Waals surface area contributed by atoms with Gasteiger partial charge in [0.05, 0.1) is 9.92 Å². The van der Waals surface area contributed by atoms with E-state index >= 15 is 0 Å². The van der Waals surface area contributed by atoms with Crippen molar-refractivity contribution < 1.29 is 17.9 Å². The van der Waals surface area contributed by atoms with Gasteiger partial charge >= 0.3 is 0 Å². The number of halogens is 2. The van der Waals surface area contributed by atoms with E-state index in [-0.39, 0.29) is 10.9 Å². The highest BCUT2D eigenvalue weighted by atomic mass is 35.5. The summed E-state index contributed by atoms with van der Waals surface area (Å²) in [5, 5.41) is 3.44. The topological polar surface area (TPSA) is 84.5 Å². The number of hydrogen-bond acceptors (Lipinski definition) is 4. The van der Waals surface area contributed by atoms with E-state index in [9.17, 15) is 13.2 Å². The van der Waals surface area contributed by atoms with Gasteiger partial charge in [0.25, 0.3) is 5.91 Å². The molecule has 0 aliphatic rings. The van der Waals surface area contributed by atoms with Crippen molar-refractivity contribution in [1.29, 1.82) is 0 Å². The predicted molar refractivity (Wildman–Crippen MR) is 112 cm³/mol. The van der Waals surface area contributed by atoms with Gasteiger partial charge in [-0.05, 0) is 62.7 Å². The summed E-state index contributed by atoms with van der Waals surface area (Å²) in [7, 11) is -3.60. The Morgan fingerprint density at radius 1 is 1.11 bits per heavy atom. The second-order valence-corrected chi connectivity index (χ2v) is 8.84. The number of nitrogens with one attached hydrogen (secondary N) is 2. The standard InChI is InChI=1S/C19H22Cl2N2O4S/c1-4-12(2)23-28(25,26)16-8-6-15(7-9-16)22-19(24)13(3)27-18-10-5-14(20)11-17(18)21/h5-13,23H,4H2,1-3H3,(H,22,24)/t12-,13-/m1/s1. The van der Waals surface area contributed by atoms with Crippen molar-refractivity contribution in [3.63, 3.8) is 0 Å². The molecule has 0 fully saturated rings. The van der Waals surface area contributed by atoms with Crippen LogP contribution in [0.1, 0.15) is 27.2 Å². The van der Waals surface area contributed by atoms with E-state index < -0.39 is 22.0 Å². The van der Waals surface area contributed by atoms with Gasteiger partial charge in [0.1, 0.15) is 5.75 Å². The lowest BCUT2D eigenvalue weighted by atomic mass is 10.3. The summed E-state index contributed by atoms with van der Waals surface area (Å²) in [5.41, 5.74) is 0.449. The van der Waals surface area contributed by atoms with Gasteiger partial charge < -0.3 is 10.1 Å². The lowest BCUT2D eigenvalue weighted by molar-refractivity contribution is -0.122. The smallest absolute Gasteiger partial charge is 0.265 e. The average Bonchev–Trinajstić information content (AvgIpc) is 2.63. The number of benzene rings is 2. The minimum absolute atomic E-state index is 0.128. The zero-order valence-electron chi connectivity index (χ0n) is 15.7. The van der Waals surface area contributed by atoms with Crippen LogP contribution in [0.5, 0.6) is 5.75 Å². The minimum atomic E-state index is -3.60. The fourth-order valence-electron chi connectivity index (χ4n) is 2.19. The van der Waals surface area contributed by atoms with Crippen LogP contribution >= 0.6 is 23.2 Å². The highest BCUT2D eigenvalue weighted by Crippen LogP contribution is 2.28. The van der Waals surface area contributed by atoms with Gasteiger partial charge in [-0.15, -0.1) is 0 Å². The first-order chi connectivity index (χ1) is 13.1. The molecule has 0 bridgehead atoms. The molecular formula is C19H22Cl2N2O4S. The Labute approximate surface area is 175 Å². The average molecular weight is 445 g/mol. The Balaban J connectivity index is 2.02. The molecule has 1 amide bonds. The third-order valence-electron chi connectivity index (χ3n) is 3.97. The summed E-state index contributed by atoms with van der Waals surface area (Å²) in [6.07, 6.45) is -0.141. The molecule has 0 aromatic heterocycles. The molecule has 0 aliphatic carbocycles. The first-order valence-electron chi connectivity index (χ1n) is 8.67. The number of hydrogen-bond donors (Lipinski definition) is 2. The van der Waals surface area contributed by atoms with Crippen LogP contribution in [0.25, 0.3) is 0 Å². The summed E-state index contributed by atoms with van der Waals surface area (Å²) < 4.78 is 32.7. The molecule has 2 N–H and O–H groups in total. The highest BCUT2D eigenvalue weighted by molar-refractivity contribution is 7.89. The number of anilines is 1. The Hall–Kier alpha value is -1.80. The van der Waals surface area contributed by atoms with E-state index in [2.05, 4.69) is 10.0 Å². The Morgan fingerprint density at radius 2 is 1.75 bits per heavy atom. The van der Waals surface area contributed by atoms with Gasteiger partial charge in [0, 0.05) is 16.8 Å². The second kappa shape index (κ2) is 9.60. The Bertz CT molecular complexity index is 933. The maximum absolute atomic E-state index is 12.3. The summed E-state index contributed by atoms with van der Waals surface area (Å²) in [5.74, 6) is -0.0642. The zero-order chi connectivity index (χ0) is 20.9. The van der Waals surface area contributed by atoms with E-state index in [1.165, 1.54) is 30.3 Å². The van der Waals surface area contributed by atoms with Crippen molar-refractivity contribution in [2.75, 3.05) is 5.32 Å². The van der Waals surface area contributed by atoms with Crippen molar-refractivity contribution in [1.82, 2.24) is 4.72 Å². The van der Waals surface area contributed by atoms with Gasteiger partial charge in [-0.3, -0.25) is 4.79 Å². The lowest BCUT2D eigenvalue weighted by Crippen LogP contribution is -2.32. The fourth-order valence-corrected chi connectivity index (χ4v) is 3.97. The van der Waals surface area contributed by atoms with Crippen LogP contribution in [0.4, 0.5) is 5.69 Å². The van der Waals surface area contributed by atoms with Crippen LogP contribution < -0.4 is 14.8 Å². The summed E-state index contributed by atoms with van der Waals surface area (Å²) in [6.45, 7) is 5.27. The highest BCUT2D eigenvalue weighted by Gasteiger charge is 2.19. The number of ether oxygens (including phenoxy) is 1. The molecule has 0 radical (unpaired) electrons. The molecule has 2 rings (SSSR count). The van der Waals surface area contributed by atoms with E-state index in [0.29, 0.717) is 27.9 Å². The normalized spacial score (nSPS) is 13.6. The number of carbonyl (C=O) groups excluding carboxylic acids is 1. The van der Waals surface area contributed by atoms with Crippen molar-refractivity contribution >= 4 is 44.8 Å². The Kier molecular flexibility index (Phi) is 7.71. The van der Waals surface area contributed by atoms with Crippen LogP contribution in [0.15, 0.2) is 47.4 Å². The van der Waals surface area contributed by atoms with Crippen LogP contribution in [-0.4, -0.2) is 26.5 Å². The molecule has 0 spiro atoms. The number of carbonyl (C=O) groups is 1. The third-order valence-corrected chi connectivity index (χ3v) is 6.10. The monoisotopic (exact) mass is 444 g/mol. The number of rotatable bonds is 8. The fraction of sp³-hybridized carbons (Fsp3) is 0.316. The van der Waals surface area contributed by atoms with Gasteiger partial charge in [-0.2, -0.15) is 0 Å². The molecule has 0 aliphatic heterocycles. The van der Waals surface area contributed by atoms with Gasteiger partial charge in [0.2, 0.25) is 10.0 Å². The molecule has 0 saturated heterocycles. The van der Waals surface area contributed by atoms with Crippen LogP contribution in [0.3, 0.4) is 0 Å². The molecule has 0 saturated carbocycles. The second-order valence-electron chi connectivity index (χ2n) is 6.28. The SMILES string of the molecule is CC[C@@H](C)NS(=O)(=O)c1ccc(NC(=O)[C@@H](C)Oc2ccc(Cl)cc2Cl)cc1. The number of sulfonamides is 1. The molecule has 2 atom stereocenters. The first kappa shape index (κ1) is 22.5. The van der Waals surface area contributed by atoms with Gasteiger partial charge in [-0.25, -0.2) is 13.1 Å². The molecule has 28 heavy (non-hydrogen) atoms. The van der Waals surface area contributed by atoms with Gasteiger partial charge in [-0.1, -0.05) is 30.1 Å². The maximum Gasteiger partial charge on any atom is 0.265 e. The van der Waals surface area contributed by atoms with Crippen molar-refractivity contribution in [2.45, 2.75) is 44.2 Å². The van der Waals surface area contributed by atoms with Crippen LogP contribution in [0, 0.1) is 0 Å². The van der Waals surface area contributed by atoms with E-state index in [1.54, 1.807) is 26.0 Å². The zero-order valence-corrected chi connectivity index (χ0v) is 18.0. The summed E-state index contributed by atoms with van der Waals surface area (Å²) >= 11 is 11.9. The molecule has 9 heteroatoms. The van der Waals surface area contributed by atoms with E-state index in [0.717, 1.165) is 0 Å². The molecule has 152 valence electrons. The summed E-state index contributed by atoms with van der Waals surface area (Å²) in [4.78, 5) is 12.5. The van der Waals surface area contributed by atoms with Crippen molar-refractivity contribution in [3.05, 3.63) is 52.5 Å². The number of amides is 1.